The first-order valence-corrected chi connectivity index (χ1v) is 6.98. The summed E-state index contributed by atoms with van der Waals surface area (Å²) in [6.45, 7) is 18.3. The van der Waals surface area contributed by atoms with Gasteiger partial charge in [0.2, 0.25) is 0 Å². The highest BCUT2D eigenvalue weighted by molar-refractivity contribution is 5.02. The largest absolute Gasteiger partial charge is 0.375 e. The number of allylic oxidation sites excluding steroid dienone is 1. The van der Waals surface area contributed by atoms with Crippen LogP contribution in [0.1, 0.15) is 47.0 Å². The maximum absolute atomic E-state index is 4.11. The van der Waals surface area contributed by atoms with Crippen LogP contribution >= 0.6 is 0 Å². The molecule has 2 heterocycles. The van der Waals surface area contributed by atoms with E-state index < -0.39 is 0 Å². The molecular formula is C15H28N2. The molecule has 2 aliphatic rings. The third-order valence-corrected chi connectivity index (χ3v) is 4.59. The van der Waals surface area contributed by atoms with Gasteiger partial charge < -0.3 is 4.90 Å². The summed E-state index contributed by atoms with van der Waals surface area (Å²) in [6.07, 6.45) is 4.11. The lowest BCUT2D eigenvalue weighted by Gasteiger charge is -2.43. The third kappa shape index (κ3) is 2.67. The quantitative estimate of drug-likeness (QED) is 0.690. The van der Waals surface area contributed by atoms with Crippen molar-refractivity contribution in [3.63, 3.8) is 0 Å². The van der Waals surface area contributed by atoms with Gasteiger partial charge in [0.15, 0.2) is 0 Å². The molecule has 2 nitrogen and oxygen atoms in total. The van der Waals surface area contributed by atoms with Crippen LogP contribution in [0.4, 0.5) is 0 Å². The molecule has 0 saturated carbocycles. The molecule has 2 aliphatic heterocycles. The first kappa shape index (κ1) is 12.9. The summed E-state index contributed by atoms with van der Waals surface area (Å²) >= 11 is 0. The zero-order valence-corrected chi connectivity index (χ0v) is 12.1. The van der Waals surface area contributed by atoms with Gasteiger partial charge in [-0.15, -0.1) is 0 Å². The summed E-state index contributed by atoms with van der Waals surface area (Å²) < 4.78 is 0. The number of piperidine rings is 1. The number of rotatable bonds is 1. The van der Waals surface area contributed by atoms with Gasteiger partial charge in [-0.25, -0.2) is 0 Å². The molecule has 0 bridgehead atoms. The van der Waals surface area contributed by atoms with Gasteiger partial charge in [0, 0.05) is 36.3 Å². The molecule has 1 spiro atoms. The Balaban J connectivity index is 2.04. The Morgan fingerprint density at radius 2 is 1.82 bits per heavy atom. The molecule has 0 aliphatic carbocycles. The molecule has 2 rings (SSSR count). The van der Waals surface area contributed by atoms with Crippen LogP contribution in [0.3, 0.4) is 0 Å². The predicted octanol–water partition coefficient (Wildman–Crippen LogP) is 3.11. The highest BCUT2D eigenvalue weighted by Crippen LogP contribution is 2.41. The van der Waals surface area contributed by atoms with E-state index in [4.69, 9.17) is 0 Å². The second-order valence-corrected chi connectivity index (χ2v) is 7.10. The molecule has 0 aromatic heterocycles. The number of hydrogen-bond donors (Lipinski definition) is 0. The van der Waals surface area contributed by atoms with Gasteiger partial charge in [-0.05, 0) is 53.5 Å². The van der Waals surface area contributed by atoms with Crippen molar-refractivity contribution in [1.29, 1.82) is 0 Å². The molecule has 98 valence electrons. The number of hydrogen-bond acceptors (Lipinski definition) is 2. The maximum atomic E-state index is 4.11. The van der Waals surface area contributed by atoms with E-state index in [0.717, 1.165) is 0 Å². The summed E-state index contributed by atoms with van der Waals surface area (Å²) in [5.41, 5.74) is 2.12. The normalized spacial score (nSPS) is 31.2. The van der Waals surface area contributed by atoms with Crippen LogP contribution in [0.15, 0.2) is 12.3 Å². The number of likely N-dealkylation sites (tertiary alicyclic amines) is 2. The van der Waals surface area contributed by atoms with Crippen LogP contribution < -0.4 is 0 Å². The van der Waals surface area contributed by atoms with Crippen LogP contribution in [0.5, 0.6) is 0 Å². The Morgan fingerprint density at radius 1 is 1.12 bits per heavy atom. The first-order valence-electron chi connectivity index (χ1n) is 6.98. The van der Waals surface area contributed by atoms with Gasteiger partial charge in [0.05, 0.1) is 0 Å². The van der Waals surface area contributed by atoms with E-state index >= 15 is 0 Å². The molecule has 0 N–H and O–H groups in total. The van der Waals surface area contributed by atoms with E-state index in [1.54, 1.807) is 0 Å². The lowest BCUT2D eigenvalue weighted by molar-refractivity contribution is 0.0940. The van der Waals surface area contributed by atoms with Crippen molar-refractivity contribution in [3.05, 3.63) is 12.3 Å². The summed E-state index contributed by atoms with van der Waals surface area (Å²) in [4.78, 5) is 5.16. The van der Waals surface area contributed by atoms with E-state index in [9.17, 15) is 0 Å². The predicted molar refractivity (Wildman–Crippen MR) is 74.0 cm³/mol. The highest BCUT2D eigenvalue weighted by Gasteiger charge is 2.43. The average molecular weight is 236 g/mol. The Morgan fingerprint density at radius 3 is 2.35 bits per heavy atom. The summed E-state index contributed by atoms with van der Waals surface area (Å²) in [7, 11) is 0. The second kappa shape index (κ2) is 4.31. The molecule has 0 aromatic rings. The van der Waals surface area contributed by atoms with Crippen molar-refractivity contribution in [2.45, 2.75) is 52.5 Å². The topological polar surface area (TPSA) is 6.48 Å². The summed E-state index contributed by atoms with van der Waals surface area (Å²) in [5.74, 6) is 0. The minimum absolute atomic E-state index is 0.328. The van der Waals surface area contributed by atoms with E-state index in [1.807, 2.05) is 0 Å². The van der Waals surface area contributed by atoms with Gasteiger partial charge in [-0.1, -0.05) is 6.58 Å². The van der Waals surface area contributed by atoms with Gasteiger partial charge in [0.25, 0.3) is 0 Å². The van der Waals surface area contributed by atoms with Crippen molar-refractivity contribution in [2.75, 3.05) is 26.2 Å². The Bertz CT molecular complexity index is 303. The molecule has 1 unspecified atom stereocenters. The van der Waals surface area contributed by atoms with Gasteiger partial charge in [0.1, 0.15) is 0 Å². The zero-order chi connectivity index (χ0) is 12.7. The first-order chi connectivity index (χ1) is 7.82. The van der Waals surface area contributed by atoms with Crippen molar-refractivity contribution in [3.8, 4) is 0 Å². The molecule has 2 saturated heterocycles. The van der Waals surface area contributed by atoms with Gasteiger partial charge >= 0.3 is 0 Å². The van der Waals surface area contributed by atoms with Crippen molar-refractivity contribution in [1.82, 2.24) is 9.80 Å². The molecule has 0 radical (unpaired) electrons. The lowest BCUT2D eigenvalue weighted by atomic mass is 9.79. The lowest BCUT2D eigenvalue weighted by Crippen LogP contribution is -2.46. The molecule has 17 heavy (non-hydrogen) atoms. The molecule has 0 amide bonds. The van der Waals surface area contributed by atoms with Crippen LogP contribution in [-0.4, -0.2) is 41.5 Å². The molecule has 2 fully saturated rings. The maximum Gasteiger partial charge on any atom is 0.0244 e. The smallest absolute Gasteiger partial charge is 0.0244 e. The molecule has 1 atom stereocenters. The van der Waals surface area contributed by atoms with Crippen molar-refractivity contribution in [2.24, 2.45) is 5.41 Å². The van der Waals surface area contributed by atoms with E-state index in [2.05, 4.69) is 44.1 Å². The Hall–Kier alpha value is -0.500. The van der Waals surface area contributed by atoms with Crippen LogP contribution in [0.2, 0.25) is 0 Å². The minimum Gasteiger partial charge on any atom is -0.375 e. The van der Waals surface area contributed by atoms with Crippen LogP contribution in [-0.2, 0) is 0 Å². The summed E-state index contributed by atoms with van der Waals surface area (Å²) in [6, 6.07) is 0. The molecular weight excluding hydrogens is 208 g/mol. The van der Waals surface area contributed by atoms with Gasteiger partial charge in [-0.2, -0.15) is 0 Å². The summed E-state index contributed by atoms with van der Waals surface area (Å²) in [5, 5.41) is 0. The van der Waals surface area contributed by atoms with E-state index in [1.165, 1.54) is 51.1 Å². The third-order valence-electron chi connectivity index (χ3n) is 4.59. The standard InChI is InChI=1S/C15H28N2/c1-13(2)16-9-6-7-15(11-16)8-10-17(12-15)14(3,4)5/h1,6-12H2,2-5H3. The van der Waals surface area contributed by atoms with E-state index in [0.29, 0.717) is 11.0 Å². The fourth-order valence-corrected chi connectivity index (χ4v) is 3.37. The molecule has 2 heteroatoms. The Kier molecular flexibility index (Phi) is 3.28. The monoisotopic (exact) mass is 236 g/mol. The Labute approximate surface area is 107 Å². The fraction of sp³-hybridized carbons (Fsp3) is 0.867. The second-order valence-electron chi connectivity index (χ2n) is 7.10. The highest BCUT2D eigenvalue weighted by atomic mass is 15.2. The van der Waals surface area contributed by atoms with Crippen LogP contribution in [0, 0.1) is 5.41 Å². The van der Waals surface area contributed by atoms with Crippen LogP contribution in [0.25, 0.3) is 0 Å². The van der Waals surface area contributed by atoms with Gasteiger partial charge in [-0.3, -0.25) is 4.90 Å². The van der Waals surface area contributed by atoms with Crippen molar-refractivity contribution >= 4 is 0 Å². The fourth-order valence-electron chi connectivity index (χ4n) is 3.37. The minimum atomic E-state index is 0.328. The van der Waals surface area contributed by atoms with Crippen molar-refractivity contribution < 1.29 is 0 Å². The SMILES string of the molecule is C=C(C)N1CCCC2(CCN(C(C)(C)C)C2)C1. The molecule has 0 aromatic carbocycles. The number of nitrogens with zero attached hydrogens (tertiary/aromatic N) is 2. The van der Waals surface area contributed by atoms with E-state index in [-0.39, 0.29) is 0 Å². The zero-order valence-electron chi connectivity index (χ0n) is 12.1. The average Bonchev–Trinajstić information content (AvgIpc) is 2.62.